The predicted molar refractivity (Wildman–Crippen MR) is 49.8 cm³/mol. The van der Waals surface area contributed by atoms with Crippen LogP contribution in [0.4, 0.5) is 0 Å². The lowest BCUT2D eigenvalue weighted by atomic mass is 9.67. The molecule has 4 heteroatoms. The molecule has 78 valence electrons. The van der Waals surface area contributed by atoms with E-state index in [1.807, 2.05) is 0 Å². The summed E-state index contributed by atoms with van der Waals surface area (Å²) in [5, 5.41) is 17.9. The van der Waals surface area contributed by atoms with Crippen LogP contribution >= 0.6 is 0 Å². The van der Waals surface area contributed by atoms with Crippen LogP contribution in [0, 0.1) is 17.3 Å². The van der Waals surface area contributed by atoms with E-state index in [0.717, 1.165) is 0 Å². The molecule has 0 fully saturated rings. The molecule has 1 aliphatic carbocycles. The predicted octanol–water partition coefficient (Wildman–Crippen LogP) is 1.37. The molecule has 1 rings (SSSR count). The molecule has 0 saturated carbocycles. The van der Waals surface area contributed by atoms with Crippen molar-refractivity contribution < 1.29 is 19.8 Å². The molecule has 0 aromatic carbocycles. The minimum Gasteiger partial charge on any atom is -0.481 e. The number of carboxylic acid groups (broad SMARTS) is 2. The average molecular weight is 198 g/mol. The number of carboxylic acids is 2. The number of hydrogen-bond donors (Lipinski definition) is 2. The molecular weight excluding hydrogens is 184 g/mol. The maximum Gasteiger partial charge on any atom is 0.308 e. The Morgan fingerprint density at radius 1 is 1.29 bits per heavy atom. The standard InChI is InChI=1S/C10H14O4/c1-10(2)5-3-4-6(8(11)12)7(10)9(13)14/h3,5-7H,4H2,1-2H3,(H,11,12)(H,13,14). The Morgan fingerprint density at radius 3 is 2.21 bits per heavy atom. The highest BCUT2D eigenvalue weighted by Crippen LogP contribution is 2.40. The van der Waals surface area contributed by atoms with Gasteiger partial charge in [-0.25, -0.2) is 0 Å². The van der Waals surface area contributed by atoms with Crippen LogP contribution in [0.3, 0.4) is 0 Å². The van der Waals surface area contributed by atoms with Crippen molar-refractivity contribution >= 4 is 11.9 Å². The van der Waals surface area contributed by atoms with Crippen LogP contribution in [0.15, 0.2) is 12.2 Å². The molecule has 0 amide bonds. The monoisotopic (exact) mass is 198 g/mol. The van der Waals surface area contributed by atoms with Crippen molar-refractivity contribution in [2.45, 2.75) is 20.3 Å². The Hall–Kier alpha value is -1.32. The molecule has 0 bridgehead atoms. The average Bonchev–Trinajstić information content (AvgIpc) is 2.00. The lowest BCUT2D eigenvalue weighted by Crippen LogP contribution is -2.41. The summed E-state index contributed by atoms with van der Waals surface area (Å²) in [6.45, 7) is 3.49. The van der Waals surface area contributed by atoms with Gasteiger partial charge in [-0.3, -0.25) is 9.59 Å². The molecule has 4 nitrogen and oxygen atoms in total. The van der Waals surface area contributed by atoms with Crippen LogP contribution in [-0.4, -0.2) is 22.2 Å². The quantitative estimate of drug-likeness (QED) is 0.657. The van der Waals surface area contributed by atoms with E-state index in [0.29, 0.717) is 6.42 Å². The van der Waals surface area contributed by atoms with Crippen molar-refractivity contribution in [1.29, 1.82) is 0 Å². The van der Waals surface area contributed by atoms with Gasteiger partial charge in [-0.2, -0.15) is 0 Å². The summed E-state index contributed by atoms with van der Waals surface area (Å²) in [5.41, 5.74) is -0.590. The maximum absolute atomic E-state index is 11.0. The van der Waals surface area contributed by atoms with Gasteiger partial charge in [-0.05, 0) is 11.8 Å². The van der Waals surface area contributed by atoms with E-state index in [2.05, 4.69) is 0 Å². The molecule has 14 heavy (non-hydrogen) atoms. The van der Waals surface area contributed by atoms with E-state index in [1.54, 1.807) is 26.0 Å². The number of rotatable bonds is 2. The van der Waals surface area contributed by atoms with Crippen molar-refractivity contribution in [3.8, 4) is 0 Å². The Kier molecular flexibility index (Phi) is 2.64. The Bertz CT molecular complexity index is 290. The highest BCUT2D eigenvalue weighted by molar-refractivity contribution is 5.81. The molecule has 0 radical (unpaired) electrons. The smallest absolute Gasteiger partial charge is 0.308 e. The fourth-order valence-electron chi connectivity index (χ4n) is 2.01. The molecule has 2 unspecified atom stereocenters. The van der Waals surface area contributed by atoms with Gasteiger partial charge in [-0.1, -0.05) is 26.0 Å². The molecule has 0 aliphatic heterocycles. The van der Waals surface area contributed by atoms with Crippen LogP contribution < -0.4 is 0 Å². The fraction of sp³-hybridized carbons (Fsp3) is 0.600. The summed E-state index contributed by atoms with van der Waals surface area (Å²) >= 11 is 0. The molecule has 2 N–H and O–H groups in total. The first kappa shape index (κ1) is 10.8. The second-order valence-electron chi connectivity index (χ2n) is 4.22. The molecule has 2 atom stereocenters. The second-order valence-corrected chi connectivity index (χ2v) is 4.22. The van der Waals surface area contributed by atoms with Gasteiger partial charge in [0.25, 0.3) is 0 Å². The minimum absolute atomic E-state index is 0.301. The van der Waals surface area contributed by atoms with Crippen LogP contribution in [0.1, 0.15) is 20.3 Å². The molecule has 0 saturated heterocycles. The van der Waals surface area contributed by atoms with Crippen LogP contribution in [0.2, 0.25) is 0 Å². The van der Waals surface area contributed by atoms with Gasteiger partial charge in [0.1, 0.15) is 0 Å². The van der Waals surface area contributed by atoms with Gasteiger partial charge in [0.15, 0.2) is 0 Å². The lowest BCUT2D eigenvalue weighted by molar-refractivity contribution is -0.158. The SMILES string of the molecule is CC1(C)C=CCC(C(=O)O)C1C(=O)O. The number of allylic oxidation sites excluding steroid dienone is 2. The van der Waals surface area contributed by atoms with E-state index < -0.39 is 29.2 Å². The zero-order valence-corrected chi connectivity index (χ0v) is 8.23. The number of hydrogen-bond acceptors (Lipinski definition) is 2. The van der Waals surface area contributed by atoms with Crippen molar-refractivity contribution in [1.82, 2.24) is 0 Å². The normalized spacial score (nSPS) is 29.9. The maximum atomic E-state index is 11.0. The second kappa shape index (κ2) is 3.44. The van der Waals surface area contributed by atoms with E-state index >= 15 is 0 Å². The molecule has 1 aliphatic rings. The number of aliphatic carboxylic acids is 2. The van der Waals surface area contributed by atoms with E-state index in [1.165, 1.54) is 0 Å². The summed E-state index contributed by atoms with van der Waals surface area (Å²) < 4.78 is 0. The lowest BCUT2D eigenvalue weighted by Gasteiger charge is -2.35. The third kappa shape index (κ3) is 1.78. The third-order valence-corrected chi connectivity index (χ3v) is 2.72. The molecular formula is C10H14O4. The largest absolute Gasteiger partial charge is 0.481 e. The first-order valence-electron chi connectivity index (χ1n) is 4.49. The number of carbonyl (C=O) groups is 2. The van der Waals surface area contributed by atoms with Gasteiger partial charge < -0.3 is 10.2 Å². The Morgan fingerprint density at radius 2 is 1.86 bits per heavy atom. The molecule has 0 aromatic rings. The Labute approximate surface area is 82.2 Å². The first-order valence-corrected chi connectivity index (χ1v) is 4.49. The van der Waals surface area contributed by atoms with Gasteiger partial charge in [0.05, 0.1) is 11.8 Å². The van der Waals surface area contributed by atoms with Crippen LogP contribution in [-0.2, 0) is 9.59 Å². The molecule has 0 spiro atoms. The zero-order valence-electron chi connectivity index (χ0n) is 8.23. The van der Waals surface area contributed by atoms with Crippen molar-refractivity contribution in [3.63, 3.8) is 0 Å². The van der Waals surface area contributed by atoms with Crippen LogP contribution in [0.25, 0.3) is 0 Å². The highest BCUT2D eigenvalue weighted by Gasteiger charge is 2.44. The molecule has 0 heterocycles. The first-order chi connectivity index (χ1) is 6.36. The van der Waals surface area contributed by atoms with Gasteiger partial charge in [-0.15, -0.1) is 0 Å². The fourth-order valence-corrected chi connectivity index (χ4v) is 2.01. The summed E-state index contributed by atoms with van der Waals surface area (Å²) in [6.07, 6.45) is 3.83. The van der Waals surface area contributed by atoms with Gasteiger partial charge in [0.2, 0.25) is 0 Å². The summed E-state index contributed by atoms with van der Waals surface area (Å²) in [4.78, 5) is 21.8. The molecule has 0 aromatic heterocycles. The van der Waals surface area contributed by atoms with Crippen LogP contribution in [0.5, 0.6) is 0 Å². The van der Waals surface area contributed by atoms with E-state index in [4.69, 9.17) is 10.2 Å². The van der Waals surface area contributed by atoms with Crippen molar-refractivity contribution in [3.05, 3.63) is 12.2 Å². The summed E-state index contributed by atoms with van der Waals surface area (Å²) in [6, 6.07) is 0. The zero-order chi connectivity index (χ0) is 10.9. The van der Waals surface area contributed by atoms with E-state index in [9.17, 15) is 9.59 Å². The van der Waals surface area contributed by atoms with Gasteiger partial charge >= 0.3 is 11.9 Å². The topological polar surface area (TPSA) is 74.6 Å². The highest BCUT2D eigenvalue weighted by atomic mass is 16.4. The summed E-state index contributed by atoms with van der Waals surface area (Å²) in [5.74, 6) is -3.72. The van der Waals surface area contributed by atoms with Crippen molar-refractivity contribution in [2.75, 3.05) is 0 Å². The third-order valence-electron chi connectivity index (χ3n) is 2.72. The van der Waals surface area contributed by atoms with E-state index in [-0.39, 0.29) is 0 Å². The Balaban J connectivity index is 3.06. The van der Waals surface area contributed by atoms with Gasteiger partial charge in [0, 0.05) is 0 Å². The minimum atomic E-state index is -1.04. The summed E-state index contributed by atoms with van der Waals surface area (Å²) in [7, 11) is 0. The van der Waals surface area contributed by atoms with Crippen molar-refractivity contribution in [2.24, 2.45) is 17.3 Å².